The molecule has 2 heterocycles. The summed E-state index contributed by atoms with van der Waals surface area (Å²) in [6, 6.07) is 18.9. The summed E-state index contributed by atoms with van der Waals surface area (Å²) in [5, 5.41) is 1.25. The van der Waals surface area contributed by atoms with Crippen LogP contribution in [0.25, 0.3) is 33.5 Å². The predicted octanol–water partition coefficient (Wildman–Crippen LogP) is 3.73. The van der Waals surface area contributed by atoms with Gasteiger partial charge in [-0.2, -0.15) is 0 Å². The Morgan fingerprint density at radius 3 is 2.25 bits per heavy atom. The van der Waals surface area contributed by atoms with Crippen molar-refractivity contribution in [3.8, 4) is 11.5 Å². The van der Waals surface area contributed by atoms with E-state index in [4.69, 9.17) is 4.98 Å². The number of benzene rings is 2. The summed E-state index contributed by atoms with van der Waals surface area (Å²) in [5.41, 5.74) is 4.57. The third-order valence-electron chi connectivity index (χ3n) is 3.97. The van der Waals surface area contributed by atoms with Crippen LogP contribution in [0.2, 0.25) is 0 Å². The smallest absolute Gasteiger partial charge is 0.157 e. The fraction of sp³-hybridized carbons (Fsp3) is 0.118. The Labute approximate surface area is 117 Å². The molecule has 0 saturated heterocycles. The van der Waals surface area contributed by atoms with E-state index in [1.165, 1.54) is 10.9 Å². The Hall–Kier alpha value is -2.55. The maximum Gasteiger partial charge on any atom is 0.157 e. The topological polar surface area (TPSA) is 22.8 Å². The maximum atomic E-state index is 4.78. The van der Waals surface area contributed by atoms with E-state index in [1.54, 1.807) is 0 Å². The van der Waals surface area contributed by atoms with Gasteiger partial charge in [-0.3, -0.25) is 0 Å². The average Bonchev–Trinajstić information content (AvgIpc) is 2.98. The number of hydrogen-bond donors (Lipinski definition) is 0. The fourth-order valence-electron chi connectivity index (χ4n) is 2.88. The molecule has 3 nitrogen and oxygen atoms in total. The van der Waals surface area contributed by atoms with Crippen molar-refractivity contribution in [3.63, 3.8) is 0 Å². The zero-order chi connectivity index (χ0) is 13.7. The predicted molar refractivity (Wildman–Crippen MR) is 82.6 cm³/mol. The van der Waals surface area contributed by atoms with Crippen LogP contribution in [0.15, 0.2) is 54.6 Å². The lowest BCUT2D eigenvalue weighted by molar-refractivity contribution is 0.907. The third kappa shape index (κ3) is 1.43. The average molecular weight is 261 g/mol. The molecule has 20 heavy (non-hydrogen) atoms. The molecule has 0 spiro atoms. The number of imidazole rings is 1. The lowest BCUT2D eigenvalue weighted by Crippen LogP contribution is -1.97. The summed E-state index contributed by atoms with van der Waals surface area (Å²) < 4.78 is 4.36. The van der Waals surface area contributed by atoms with Crippen molar-refractivity contribution in [3.05, 3.63) is 54.6 Å². The van der Waals surface area contributed by atoms with Gasteiger partial charge in [0.25, 0.3) is 0 Å². The lowest BCUT2D eigenvalue weighted by Gasteiger charge is -2.04. The van der Waals surface area contributed by atoms with Gasteiger partial charge in [0.15, 0.2) is 5.82 Å². The molecule has 0 N–H and O–H groups in total. The van der Waals surface area contributed by atoms with Gasteiger partial charge in [0.05, 0.1) is 16.7 Å². The molecule has 0 bridgehead atoms. The zero-order valence-corrected chi connectivity index (χ0v) is 11.5. The Kier molecular flexibility index (Phi) is 2.24. The molecule has 3 heteroatoms. The van der Waals surface area contributed by atoms with Crippen LogP contribution in [0.3, 0.4) is 0 Å². The van der Waals surface area contributed by atoms with Gasteiger partial charge in [0, 0.05) is 25.0 Å². The largest absolute Gasteiger partial charge is 0.341 e. The monoisotopic (exact) mass is 261 g/mol. The van der Waals surface area contributed by atoms with Crippen LogP contribution in [0.4, 0.5) is 0 Å². The summed E-state index contributed by atoms with van der Waals surface area (Å²) in [7, 11) is 4.17. The number of rotatable bonds is 1. The quantitative estimate of drug-likeness (QED) is 0.512. The van der Waals surface area contributed by atoms with Crippen LogP contribution in [0.1, 0.15) is 0 Å². The van der Waals surface area contributed by atoms with Crippen LogP contribution >= 0.6 is 0 Å². The second-order valence-electron chi connectivity index (χ2n) is 5.13. The molecule has 0 fully saturated rings. The Bertz CT molecular complexity index is 850. The number of hydrogen-bond acceptors (Lipinski definition) is 1. The first kappa shape index (κ1) is 11.3. The highest BCUT2D eigenvalue weighted by Crippen LogP contribution is 2.28. The molecule has 0 amide bonds. The molecule has 0 unspecified atom stereocenters. The molecule has 98 valence electrons. The van der Waals surface area contributed by atoms with Crippen LogP contribution in [-0.2, 0) is 14.1 Å². The Morgan fingerprint density at radius 1 is 0.800 bits per heavy atom. The lowest BCUT2D eigenvalue weighted by atomic mass is 10.2. The van der Waals surface area contributed by atoms with Crippen molar-refractivity contribution in [1.82, 2.24) is 14.1 Å². The van der Waals surface area contributed by atoms with Gasteiger partial charge in [-0.1, -0.05) is 30.3 Å². The molecule has 4 rings (SSSR count). The van der Waals surface area contributed by atoms with Crippen molar-refractivity contribution in [2.24, 2.45) is 14.1 Å². The molecule has 4 aromatic rings. The molecule has 2 aromatic carbocycles. The van der Waals surface area contributed by atoms with Gasteiger partial charge in [-0.05, 0) is 24.3 Å². The maximum absolute atomic E-state index is 4.78. The van der Waals surface area contributed by atoms with Crippen molar-refractivity contribution >= 4 is 21.9 Å². The molecule has 0 saturated carbocycles. The molecule has 0 aliphatic carbocycles. The summed E-state index contributed by atoms with van der Waals surface area (Å²) in [5.74, 6) is 1.00. The Morgan fingerprint density at radius 2 is 1.50 bits per heavy atom. The van der Waals surface area contributed by atoms with Gasteiger partial charge in [0.1, 0.15) is 0 Å². The first-order valence-electron chi connectivity index (χ1n) is 6.72. The van der Waals surface area contributed by atoms with E-state index in [0.717, 1.165) is 22.6 Å². The van der Waals surface area contributed by atoms with E-state index in [0.29, 0.717) is 0 Å². The highest BCUT2D eigenvalue weighted by Gasteiger charge is 2.14. The minimum Gasteiger partial charge on any atom is -0.341 e. The summed E-state index contributed by atoms with van der Waals surface area (Å²) in [6.07, 6.45) is 0. The highest BCUT2D eigenvalue weighted by molar-refractivity contribution is 5.88. The third-order valence-corrected chi connectivity index (χ3v) is 3.97. The number of para-hydroxylation sites is 3. The van der Waals surface area contributed by atoms with E-state index < -0.39 is 0 Å². The summed E-state index contributed by atoms with van der Waals surface area (Å²) in [4.78, 5) is 4.78. The van der Waals surface area contributed by atoms with Gasteiger partial charge in [-0.25, -0.2) is 4.98 Å². The van der Waals surface area contributed by atoms with Crippen molar-refractivity contribution in [2.45, 2.75) is 0 Å². The van der Waals surface area contributed by atoms with Gasteiger partial charge < -0.3 is 9.13 Å². The summed E-state index contributed by atoms with van der Waals surface area (Å²) >= 11 is 0. The van der Waals surface area contributed by atoms with Crippen LogP contribution in [0, 0.1) is 0 Å². The van der Waals surface area contributed by atoms with E-state index in [-0.39, 0.29) is 0 Å². The molecule has 0 aliphatic rings. The molecular weight excluding hydrogens is 246 g/mol. The first-order chi connectivity index (χ1) is 9.75. The van der Waals surface area contributed by atoms with Crippen molar-refractivity contribution in [1.29, 1.82) is 0 Å². The van der Waals surface area contributed by atoms with Crippen molar-refractivity contribution < 1.29 is 0 Å². The zero-order valence-electron chi connectivity index (χ0n) is 11.5. The van der Waals surface area contributed by atoms with Crippen molar-refractivity contribution in [2.75, 3.05) is 0 Å². The molecule has 0 aliphatic heterocycles. The summed E-state index contributed by atoms with van der Waals surface area (Å²) in [6.45, 7) is 0. The van der Waals surface area contributed by atoms with Gasteiger partial charge in [0.2, 0.25) is 0 Å². The van der Waals surface area contributed by atoms with E-state index in [9.17, 15) is 0 Å². The van der Waals surface area contributed by atoms with Gasteiger partial charge in [-0.15, -0.1) is 0 Å². The van der Waals surface area contributed by atoms with E-state index >= 15 is 0 Å². The number of aromatic nitrogens is 3. The van der Waals surface area contributed by atoms with Gasteiger partial charge >= 0.3 is 0 Å². The fourth-order valence-corrected chi connectivity index (χ4v) is 2.88. The van der Waals surface area contributed by atoms with Crippen LogP contribution in [-0.4, -0.2) is 14.1 Å². The number of fused-ring (bicyclic) bond motifs is 2. The minimum atomic E-state index is 1.00. The molecule has 0 radical (unpaired) electrons. The second-order valence-corrected chi connectivity index (χ2v) is 5.13. The Balaban J connectivity index is 2.06. The molecule has 0 atom stereocenters. The van der Waals surface area contributed by atoms with E-state index in [2.05, 4.69) is 71.8 Å². The first-order valence-corrected chi connectivity index (χ1v) is 6.72. The SMILES string of the molecule is Cn1c(-c2nc3ccccc3n2C)cc2ccccc21. The van der Waals surface area contributed by atoms with Crippen LogP contribution in [0.5, 0.6) is 0 Å². The van der Waals surface area contributed by atoms with E-state index in [1.807, 2.05) is 6.07 Å². The highest BCUT2D eigenvalue weighted by atomic mass is 15.1. The molecular formula is C17H15N3. The number of nitrogens with zero attached hydrogens (tertiary/aromatic N) is 3. The van der Waals surface area contributed by atoms with Crippen LogP contribution < -0.4 is 0 Å². The number of aryl methyl sites for hydroxylation is 2. The molecule has 2 aromatic heterocycles. The second kappa shape index (κ2) is 3.97. The standard InChI is InChI=1S/C17H15N3/c1-19-14-9-5-3-7-12(14)11-16(19)17-18-13-8-4-6-10-15(13)20(17)2/h3-11H,1-2H3. The minimum absolute atomic E-state index is 1.00. The normalized spacial score (nSPS) is 11.5.